The van der Waals surface area contributed by atoms with Crippen molar-refractivity contribution in [2.24, 2.45) is 0 Å². The maximum atomic E-state index is 13.1. The van der Waals surface area contributed by atoms with Gasteiger partial charge in [-0.1, -0.05) is 29.8 Å². The number of hydrogen-bond acceptors (Lipinski definition) is 1. The topological polar surface area (TPSA) is 29.1 Å². The van der Waals surface area contributed by atoms with E-state index in [0.29, 0.717) is 22.7 Å². The van der Waals surface area contributed by atoms with Gasteiger partial charge in [0.25, 0.3) is 5.91 Å². The van der Waals surface area contributed by atoms with Crippen LogP contribution >= 0.6 is 11.6 Å². The molecule has 0 aliphatic carbocycles. The standard InChI is InChI=1S/C15H13ClFNO/c1-10-8-11(6-7-14(10)17)15(19)18-9-12-4-2-3-5-13(12)16/h2-8H,9H2,1H3,(H,18,19). The zero-order chi connectivity index (χ0) is 13.8. The lowest BCUT2D eigenvalue weighted by Gasteiger charge is -2.07. The third-order valence-corrected chi connectivity index (χ3v) is 3.19. The average molecular weight is 278 g/mol. The van der Waals surface area contributed by atoms with Gasteiger partial charge in [0.2, 0.25) is 0 Å². The Labute approximate surface area is 116 Å². The van der Waals surface area contributed by atoms with Crippen molar-refractivity contribution in [2.75, 3.05) is 0 Å². The van der Waals surface area contributed by atoms with Gasteiger partial charge < -0.3 is 5.32 Å². The number of carbonyl (C=O) groups is 1. The number of carbonyl (C=O) groups excluding carboxylic acids is 1. The average Bonchev–Trinajstić information content (AvgIpc) is 2.40. The van der Waals surface area contributed by atoms with Gasteiger partial charge in [-0.05, 0) is 42.3 Å². The van der Waals surface area contributed by atoms with Crippen molar-refractivity contribution in [3.63, 3.8) is 0 Å². The summed E-state index contributed by atoms with van der Waals surface area (Å²) in [6, 6.07) is 11.6. The number of nitrogens with one attached hydrogen (secondary N) is 1. The second kappa shape index (κ2) is 5.85. The predicted octanol–water partition coefficient (Wildman–Crippen LogP) is 3.72. The summed E-state index contributed by atoms with van der Waals surface area (Å²) < 4.78 is 13.1. The molecule has 1 amide bonds. The number of aryl methyl sites for hydroxylation is 1. The highest BCUT2D eigenvalue weighted by Crippen LogP contribution is 2.15. The smallest absolute Gasteiger partial charge is 0.251 e. The molecule has 0 aromatic heterocycles. The molecule has 0 bridgehead atoms. The summed E-state index contributed by atoms with van der Waals surface area (Å²) in [5.74, 6) is -0.564. The van der Waals surface area contributed by atoms with Crippen LogP contribution in [0, 0.1) is 12.7 Å². The first-order chi connectivity index (χ1) is 9.08. The maximum Gasteiger partial charge on any atom is 0.251 e. The molecule has 0 aliphatic heterocycles. The second-order valence-corrected chi connectivity index (χ2v) is 4.65. The molecule has 0 saturated heterocycles. The van der Waals surface area contributed by atoms with Crippen molar-refractivity contribution in [3.8, 4) is 0 Å². The van der Waals surface area contributed by atoms with E-state index in [-0.39, 0.29) is 11.7 Å². The summed E-state index contributed by atoms with van der Waals surface area (Å²) >= 11 is 6.00. The second-order valence-electron chi connectivity index (χ2n) is 4.24. The lowest BCUT2D eigenvalue weighted by Crippen LogP contribution is -2.23. The number of amides is 1. The number of halogens is 2. The van der Waals surface area contributed by atoms with Crippen LogP contribution < -0.4 is 5.32 Å². The third kappa shape index (κ3) is 3.32. The van der Waals surface area contributed by atoms with Crippen LogP contribution in [0.1, 0.15) is 21.5 Å². The molecular formula is C15H13ClFNO. The Kier molecular flexibility index (Phi) is 4.17. The molecule has 19 heavy (non-hydrogen) atoms. The van der Waals surface area contributed by atoms with E-state index >= 15 is 0 Å². The normalized spacial score (nSPS) is 10.3. The molecule has 2 aromatic rings. The molecule has 0 fully saturated rings. The molecule has 2 rings (SSSR count). The minimum absolute atomic E-state index is 0.247. The fourth-order valence-electron chi connectivity index (χ4n) is 1.71. The van der Waals surface area contributed by atoms with Crippen molar-refractivity contribution in [1.29, 1.82) is 0 Å². The van der Waals surface area contributed by atoms with Crippen LogP contribution in [0.3, 0.4) is 0 Å². The Morgan fingerprint density at radius 3 is 2.68 bits per heavy atom. The predicted molar refractivity (Wildman–Crippen MR) is 73.8 cm³/mol. The summed E-state index contributed by atoms with van der Waals surface area (Å²) in [7, 11) is 0. The first kappa shape index (κ1) is 13.6. The molecule has 98 valence electrons. The molecule has 2 aromatic carbocycles. The number of rotatable bonds is 3. The van der Waals surface area contributed by atoms with E-state index in [2.05, 4.69) is 5.32 Å². The summed E-state index contributed by atoms with van der Waals surface area (Å²) in [4.78, 5) is 11.9. The van der Waals surface area contributed by atoms with Crippen LogP contribution in [-0.2, 0) is 6.54 Å². The Bertz CT molecular complexity index is 613. The molecule has 0 spiro atoms. The monoisotopic (exact) mass is 277 g/mol. The fourth-order valence-corrected chi connectivity index (χ4v) is 1.91. The van der Waals surface area contributed by atoms with E-state index in [9.17, 15) is 9.18 Å². The minimum atomic E-state index is -0.317. The van der Waals surface area contributed by atoms with Crippen LogP contribution in [0.5, 0.6) is 0 Å². The third-order valence-electron chi connectivity index (χ3n) is 2.82. The Balaban J connectivity index is 2.05. The van der Waals surface area contributed by atoms with Crippen molar-refractivity contribution in [3.05, 3.63) is 70.0 Å². The zero-order valence-electron chi connectivity index (χ0n) is 10.4. The van der Waals surface area contributed by atoms with E-state index in [4.69, 9.17) is 11.6 Å². The Morgan fingerprint density at radius 2 is 2.00 bits per heavy atom. The van der Waals surface area contributed by atoms with Crippen LogP contribution in [0.2, 0.25) is 5.02 Å². The molecule has 0 saturated carbocycles. The molecule has 4 heteroatoms. The van der Waals surface area contributed by atoms with Gasteiger partial charge in [0.15, 0.2) is 0 Å². The van der Waals surface area contributed by atoms with Gasteiger partial charge in [-0.3, -0.25) is 4.79 Å². The highest BCUT2D eigenvalue weighted by atomic mass is 35.5. The van der Waals surface area contributed by atoms with Gasteiger partial charge >= 0.3 is 0 Å². The molecule has 0 aliphatic rings. The molecule has 0 atom stereocenters. The van der Waals surface area contributed by atoms with Crippen LogP contribution in [0.4, 0.5) is 4.39 Å². The molecule has 0 unspecified atom stereocenters. The van der Waals surface area contributed by atoms with Crippen molar-refractivity contribution in [1.82, 2.24) is 5.32 Å². The lowest BCUT2D eigenvalue weighted by molar-refractivity contribution is 0.0951. The van der Waals surface area contributed by atoms with E-state index in [0.717, 1.165) is 5.56 Å². The first-order valence-electron chi connectivity index (χ1n) is 5.85. The quantitative estimate of drug-likeness (QED) is 0.910. The Morgan fingerprint density at radius 1 is 1.26 bits per heavy atom. The van der Waals surface area contributed by atoms with Crippen LogP contribution in [-0.4, -0.2) is 5.91 Å². The van der Waals surface area contributed by atoms with E-state index in [1.807, 2.05) is 18.2 Å². The zero-order valence-corrected chi connectivity index (χ0v) is 11.2. The van der Waals surface area contributed by atoms with Gasteiger partial charge in [-0.15, -0.1) is 0 Å². The number of benzene rings is 2. The highest BCUT2D eigenvalue weighted by Gasteiger charge is 2.08. The summed E-state index contributed by atoms with van der Waals surface area (Å²) in [5, 5.41) is 3.37. The molecule has 0 radical (unpaired) electrons. The van der Waals surface area contributed by atoms with Crippen molar-refractivity contribution < 1.29 is 9.18 Å². The summed E-state index contributed by atoms with van der Waals surface area (Å²) in [5.41, 5.74) is 1.73. The number of hydrogen-bond donors (Lipinski definition) is 1. The maximum absolute atomic E-state index is 13.1. The van der Waals surface area contributed by atoms with Gasteiger partial charge in [0, 0.05) is 17.1 Å². The molecule has 2 nitrogen and oxygen atoms in total. The van der Waals surface area contributed by atoms with E-state index in [1.165, 1.54) is 18.2 Å². The summed E-state index contributed by atoms with van der Waals surface area (Å²) in [6.07, 6.45) is 0. The van der Waals surface area contributed by atoms with E-state index < -0.39 is 0 Å². The highest BCUT2D eigenvalue weighted by molar-refractivity contribution is 6.31. The molecular weight excluding hydrogens is 265 g/mol. The Hall–Kier alpha value is -1.87. The molecule has 1 N–H and O–H groups in total. The molecule has 0 heterocycles. The van der Waals surface area contributed by atoms with Crippen molar-refractivity contribution >= 4 is 17.5 Å². The van der Waals surface area contributed by atoms with Gasteiger partial charge in [-0.25, -0.2) is 4.39 Å². The fraction of sp³-hybridized carbons (Fsp3) is 0.133. The van der Waals surface area contributed by atoms with Gasteiger partial charge in [-0.2, -0.15) is 0 Å². The van der Waals surface area contributed by atoms with E-state index in [1.54, 1.807) is 13.0 Å². The van der Waals surface area contributed by atoms with Gasteiger partial charge in [0.05, 0.1) is 0 Å². The van der Waals surface area contributed by atoms with Gasteiger partial charge in [0.1, 0.15) is 5.82 Å². The van der Waals surface area contributed by atoms with Crippen molar-refractivity contribution in [2.45, 2.75) is 13.5 Å². The van der Waals surface area contributed by atoms with Crippen LogP contribution in [0.25, 0.3) is 0 Å². The largest absolute Gasteiger partial charge is 0.348 e. The minimum Gasteiger partial charge on any atom is -0.348 e. The lowest BCUT2D eigenvalue weighted by atomic mass is 10.1. The van der Waals surface area contributed by atoms with Crippen LogP contribution in [0.15, 0.2) is 42.5 Å². The summed E-state index contributed by atoms with van der Waals surface area (Å²) in [6.45, 7) is 1.97. The first-order valence-corrected chi connectivity index (χ1v) is 6.23. The SMILES string of the molecule is Cc1cc(C(=O)NCc2ccccc2Cl)ccc1F.